The van der Waals surface area contributed by atoms with E-state index in [9.17, 15) is 4.79 Å². The Bertz CT molecular complexity index is 1010. The Balaban J connectivity index is 1.54. The molecule has 6 heteroatoms. The van der Waals surface area contributed by atoms with Gasteiger partial charge in [0.1, 0.15) is 0 Å². The maximum Gasteiger partial charge on any atom is 0.322 e. The fourth-order valence-electron chi connectivity index (χ4n) is 4.22. The van der Waals surface area contributed by atoms with Gasteiger partial charge in [-0.1, -0.05) is 60.7 Å². The van der Waals surface area contributed by atoms with Crippen molar-refractivity contribution in [3.8, 4) is 0 Å². The third kappa shape index (κ3) is 5.63. The Kier molecular flexibility index (Phi) is 7.21. The average Bonchev–Trinajstić information content (AvgIpc) is 3.22. The van der Waals surface area contributed by atoms with Crippen molar-refractivity contribution >= 4 is 34.9 Å². The van der Waals surface area contributed by atoms with E-state index in [0.717, 1.165) is 47.7 Å². The molecular weight excluding hydrogens is 429 g/mol. The van der Waals surface area contributed by atoms with Crippen LogP contribution >= 0.6 is 23.2 Å². The summed E-state index contributed by atoms with van der Waals surface area (Å²) < 4.78 is 2.17. The van der Waals surface area contributed by atoms with Crippen LogP contribution in [-0.2, 0) is 13.1 Å². The molecule has 0 bridgehead atoms. The first-order valence-corrected chi connectivity index (χ1v) is 11.6. The van der Waals surface area contributed by atoms with Gasteiger partial charge in [0, 0.05) is 40.2 Å². The lowest BCUT2D eigenvalue weighted by Gasteiger charge is -2.34. The summed E-state index contributed by atoms with van der Waals surface area (Å²) in [6.45, 7) is 1.24. The van der Waals surface area contributed by atoms with Crippen LogP contribution in [0.2, 0.25) is 10.0 Å². The molecule has 1 aliphatic rings. The van der Waals surface area contributed by atoms with Crippen LogP contribution in [0.3, 0.4) is 0 Å². The molecule has 2 aromatic carbocycles. The van der Waals surface area contributed by atoms with Gasteiger partial charge < -0.3 is 14.8 Å². The lowest BCUT2D eigenvalue weighted by Crippen LogP contribution is -2.43. The maximum absolute atomic E-state index is 13.3. The number of amides is 2. The maximum atomic E-state index is 13.3. The van der Waals surface area contributed by atoms with Crippen molar-refractivity contribution in [3.63, 3.8) is 0 Å². The van der Waals surface area contributed by atoms with Gasteiger partial charge in [0.2, 0.25) is 0 Å². The summed E-state index contributed by atoms with van der Waals surface area (Å²) in [5.74, 6) is 0. The van der Waals surface area contributed by atoms with E-state index in [2.05, 4.69) is 22.1 Å². The van der Waals surface area contributed by atoms with Crippen LogP contribution in [0.5, 0.6) is 0 Å². The minimum atomic E-state index is -0.0697. The van der Waals surface area contributed by atoms with Gasteiger partial charge in [-0.2, -0.15) is 0 Å². The number of carbonyl (C=O) groups excluding carboxylic acids is 1. The third-order valence-corrected chi connectivity index (χ3v) is 6.55. The van der Waals surface area contributed by atoms with Crippen molar-refractivity contribution < 1.29 is 4.79 Å². The van der Waals surface area contributed by atoms with Gasteiger partial charge in [-0.15, -0.1) is 0 Å². The second-order valence-corrected chi connectivity index (χ2v) is 8.92. The standard InChI is InChI=1S/C25H27Cl2N3O/c26-20-12-14-21(15-13-20)28-25(31)30(22-8-2-1-3-9-22)18-23-10-6-16-29(23)17-19-7-4-5-11-24(19)27/h4-7,10-16,22H,1-3,8-9,17-18H2,(H,28,31). The highest BCUT2D eigenvalue weighted by molar-refractivity contribution is 6.31. The number of hydrogen-bond acceptors (Lipinski definition) is 1. The SMILES string of the molecule is O=C(Nc1ccc(Cl)cc1)N(Cc1cccn1Cc1ccccc1Cl)C1CCCCC1. The molecule has 1 heterocycles. The van der Waals surface area contributed by atoms with E-state index in [-0.39, 0.29) is 12.1 Å². The van der Waals surface area contributed by atoms with Gasteiger partial charge in [0.05, 0.1) is 6.54 Å². The van der Waals surface area contributed by atoms with Gasteiger partial charge in [-0.05, 0) is 60.9 Å². The number of aromatic nitrogens is 1. The van der Waals surface area contributed by atoms with Crippen molar-refractivity contribution in [2.75, 3.05) is 5.32 Å². The van der Waals surface area contributed by atoms with E-state index in [1.807, 2.05) is 47.4 Å². The molecule has 0 unspecified atom stereocenters. The molecular formula is C25H27Cl2N3O. The van der Waals surface area contributed by atoms with E-state index in [4.69, 9.17) is 23.2 Å². The molecule has 0 aliphatic heterocycles. The largest absolute Gasteiger partial charge is 0.345 e. The molecule has 1 saturated carbocycles. The van der Waals surface area contributed by atoms with Crippen LogP contribution < -0.4 is 5.32 Å². The summed E-state index contributed by atoms with van der Waals surface area (Å²) in [4.78, 5) is 15.3. The highest BCUT2D eigenvalue weighted by atomic mass is 35.5. The normalized spacial score (nSPS) is 14.4. The van der Waals surface area contributed by atoms with Crippen LogP contribution in [0, 0.1) is 0 Å². The zero-order chi connectivity index (χ0) is 21.6. The van der Waals surface area contributed by atoms with Crippen molar-refractivity contribution in [2.45, 2.75) is 51.2 Å². The Morgan fingerprint density at radius 3 is 2.45 bits per heavy atom. The molecule has 3 aromatic rings. The monoisotopic (exact) mass is 455 g/mol. The number of benzene rings is 2. The molecule has 1 N–H and O–H groups in total. The Morgan fingerprint density at radius 2 is 1.71 bits per heavy atom. The molecule has 1 aliphatic carbocycles. The molecule has 1 fully saturated rings. The van der Waals surface area contributed by atoms with E-state index >= 15 is 0 Å². The second-order valence-electron chi connectivity index (χ2n) is 8.08. The zero-order valence-corrected chi connectivity index (χ0v) is 18.9. The van der Waals surface area contributed by atoms with Crippen molar-refractivity contribution in [3.05, 3.63) is 88.2 Å². The smallest absolute Gasteiger partial charge is 0.322 e. The Hall–Kier alpha value is -2.43. The topological polar surface area (TPSA) is 37.3 Å². The lowest BCUT2D eigenvalue weighted by atomic mass is 9.94. The van der Waals surface area contributed by atoms with Crippen molar-refractivity contribution in [1.29, 1.82) is 0 Å². The summed E-state index contributed by atoms with van der Waals surface area (Å²) in [5.41, 5.74) is 2.91. The van der Waals surface area contributed by atoms with Gasteiger partial charge >= 0.3 is 6.03 Å². The summed E-state index contributed by atoms with van der Waals surface area (Å²) in [6, 6.07) is 19.4. The van der Waals surface area contributed by atoms with E-state index in [1.54, 1.807) is 12.1 Å². The molecule has 4 rings (SSSR count). The molecule has 0 atom stereocenters. The molecule has 0 radical (unpaired) electrons. The number of nitrogens with zero attached hydrogens (tertiary/aromatic N) is 2. The van der Waals surface area contributed by atoms with Gasteiger partial charge in [0.15, 0.2) is 0 Å². The number of rotatable bonds is 6. The van der Waals surface area contributed by atoms with E-state index in [1.165, 1.54) is 6.42 Å². The van der Waals surface area contributed by atoms with Crippen LogP contribution in [-0.4, -0.2) is 21.5 Å². The number of urea groups is 1. The molecule has 2 amide bonds. The summed E-state index contributed by atoms with van der Waals surface area (Å²) in [7, 11) is 0. The Labute approximate surface area is 193 Å². The first-order valence-electron chi connectivity index (χ1n) is 10.8. The number of hydrogen-bond donors (Lipinski definition) is 1. The lowest BCUT2D eigenvalue weighted by molar-refractivity contribution is 0.161. The first kappa shape index (κ1) is 21.8. The first-order chi connectivity index (χ1) is 15.1. The fourth-order valence-corrected chi connectivity index (χ4v) is 4.54. The van der Waals surface area contributed by atoms with E-state index in [0.29, 0.717) is 18.1 Å². The predicted molar refractivity (Wildman–Crippen MR) is 128 cm³/mol. The average molecular weight is 456 g/mol. The minimum absolute atomic E-state index is 0.0697. The molecule has 162 valence electrons. The van der Waals surface area contributed by atoms with Crippen molar-refractivity contribution in [1.82, 2.24) is 9.47 Å². The zero-order valence-electron chi connectivity index (χ0n) is 17.4. The van der Waals surface area contributed by atoms with Gasteiger partial charge in [-0.25, -0.2) is 4.79 Å². The van der Waals surface area contributed by atoms with Gasteiger partial charge in [-0.3, -0.25) is 0 Å². The van der Waals surface area contributed by atoms with Crippen LogP contribution in [0.4, 0.5) is 10.5 Å². The Morgan fingerprint density at radius 1 is 0.968 bits per heavy atom. The van der Waals surface area contributed by atoms with Gasteiger partial charge in [0.25, 0.3) is 0 Å². The molecule has 4 nitrogen and oxygen atoms in total. The molecule has 1 aromatic heterocycles. The number of carbonyl (C=O) groups is 1. The minimum Gasteiger partial charge on any atom is -0.345 e. The van der Waals surface area contributed by atoms with Crippen LogP contribution in [0.25, 0.3) is 0 Å². The molecule has 0 spiro atoms. The number of nitrogens with one attached hydrogen (secondary N) is 1. The summed E-state index contributed by atoms with van der Waals surface area (Å²) in [5, 5.41) is 4.46. The quantitative estimate of drug-likeness (QED) is 0.418. The summed E-state index contributed by atoms with van der Waals surface area (Å²) >= 11 is 12.4. The summed E-state index contributed by atoms with van der Waals surface area (Å²) in [6.07, 6.45) is 7.70. The molecule has 0 saturated heterocycles. The third-order valence-electron chi connectivity index (χ3n) is 5.93. The highest BCUT2D eigenvalue weighted by Gasteiger charge is 2.26. The predicted octanol–water partition coefficient (Wildman–Crippen LogP) is 7.21. The fraction of sp³-hybridized carbons (Fsp3) is 0.320. The van der Waals surface area contributed by atoms with Crippen LogP contribution in [0.15, 0.2) is 66.9 Å². The second kappa shape index (κ2) is 10.3. The highest BCUT2D eigenvalue weighted by Crippen LogP contribution is 2.26. The van der Waals surface area contributed by atoms with E-state index < -0.39 is 0 Å². The number of halogens is 2. The van der Waals surface area contributed by atoms with Crippen molar-refractivity contribution in [2.24, 2.45) is 0 Å². The molecule has 31 heavy (non-hydrogen) atoms. The number of anilines is 1. The van der Waals surface area contributed by atoms with Crippen LogP contribution in [0.1, 0.15) is 43.4 Å².